The predicted octanol–water partition coefficient (Wildman–Crippen LogP) is 2.17. The van der Waals surface area contributed by atoms with Crippen LogP contribution in [-0.4, -0.2) is 36.0 Å². The first-order valence-electron chi connectivity index (χ1n) is 7.26. The molecule has 0 bridgehead atoms. The topological polar surface area (TPSA) is 32.3 Å². The molecule has 2 fully saturated rings. The van der Waals surface area contributed by atoms with E-state index in [-0.39, 0.29) is 5.92 Å². The lowest BCUT2D eigenvalue weighted by Crippen LogP contribution is -2.45. The van der Waals surface area contributed by atoms with Crippen molar-refractivity contribution < 1.29 is 4.79 Å². The van der Waals surface area contributed by atoms with Gasteiger partial charge < -0.3 is 10.2 Å². The molecule has 2 aliphatic rings. The molecule has 17 heavy (non-hydrogen) atoms. The highest BCUT2D eigenvalue weighted by Gasteiger charge is 2.36. The number of amides is 1. The summed E-state index contributed by atoms with van der Waals surface area (Å²) < 4.78 is 0. The van der Waals surface area contributed by atoms with Crippen molar-refractivity contribution in [2.45, 2.75) is 64.5 Å². The summed E-state index contributed by atoms with van der Waals surface area (Å²) in [6, 6.07) is 1.09. The van der Waals surface area contributed by atoms with Gasteiger partial charge in [0, 0.05) is 24.5 Å². The predicted molar refractivity (Wildman–Crippen MR) is 69.8 cm³/mol. The average molecular weight is 238 g/mol. The van der Waals surface area contributed by atoms with E-state index in [2.05, 4.69) is 24.1 Å². The Labute approximate surface area is 105 Å². The molecule has 1 aliphatic heterocycles. The molecule has 0 radical (unpaired) electrons. The zero-order valence-corrected chi connectivity index (χ0v) is 11.2. The van der Waals surface area contributed by atoms with E-state index in [1.807, 2.05) is 0 Å². The highest BCUT2D eigenvalue weighted by atomic mass is 16.2. The molecular weight excluding hydrogens is 212 g/mol. The molecule has 1 saturated heterocycles. The highest BCUT2D eigenvalue weighted by molar-refractivity contribution is 5.79. The lowest BCUT2D eigenvalue weighted by molar-refractivity contribution is -0.137. The molecule has 2 unspecified atom stereocenters. The highest BCUT2D eigenvalue weighted by Crippen LogP contribution is 2.30. The number of nitrogens with one attached hydrogen (secondary N) is 1. The summed E-state index contributed by atoms with van der Waals surface area (Å²) in [6.45, 7) is 6.37. The van der Waals surface area contributed by atoms with Gasteiger partial charge in [-0.25, -0.2) is 0 Å². The maximum absolute atomic E-state index is 12.5. The third-order valence-corrected chi connectivity index (χ3v) is 4.00. The van der Waals surface area contributed by atoms with Crippen molar-refractivity contribution in [2.24, 2.45) is 5.92 Å². The molecule has 98 valence electrons. The molecule has 0 aromatic carbocycles. The van der Waals surface area contributed by atoms with E-state index in [0.717, 1.165) is 32.4 Å². The number of carbonyl (C=O) groups excluding carboxylic acids is 1. The molecule has 1 saturated carbocycles. The lowest BCUT2D eigenvalue weighted by Gasteiger charge is -2.32. The lowest BCUT2D eigenvalue weighted by atomic mass is 9.92. The van der Waals surface area contributed by atoms with E-state index < -0.39 is 0 Å². The van der Waals surface area contributed by atoms with Crippen LogP contribution in [-0.2, 0) is 4.79 Å². The van der Waals surface area contributed by atoms with E-state index in [1.165, 1.54) is 19.3 Å². The standard InChI is InChI=1S/C14H26N2O/c1-3-4-9-16(13-5-6-13)14(17)12-7-8-15-11(2)10-12/h11-13,15H,3-10H2,1-2H3. The van der Waals surface area contributed by atoms with Crippen molar-refractivity contribution in [3.63, 3.8) is 0 Å². The molecule has 0 spiro atoms. The maximum atomic E-state index is 12.5. The minimum Gasteiger partial charge on any atom is -0.339 e. The molecule has 3 heteroatoms. The van der Waals surface area contributed by atoms with E-state index in [9.17, 15) is 4.79 Å². The molecule has 2 rings (SSSR count). The number of unbranched alkanes of at least 4 members (excludes halogenated alkanes) is 1. The fourth-order valence-corrected chi connectivity index (χ4v) is 2.78. The SMILES string of the molecule is CCCCN(C(=O)C1CCNC(C)C1)C1CC1. The second-order valence-electron chi connectivity index (χ2n) is 5.69. The summed E-state index contributed by atoms with van der Waals surface area (Å²) in [4.78, 5) is 14.7. The molecule has 1 heterocycles. The number of nitrogens with zero attached hydrogens (tertiary/aromatic N) is 1. The van der Waals surface area contributed by atoms with Crippen molar-refractivity contribution in [3.05, 3.63) is 0 Å². The van der Waals surface area contributed by atoms with E-state index >= 15 is 0 Å². The molecule has 1 N–H and O–H groups in total. The Hall–Kier alpha value is -0.570. The van der Waals surface area contributed by atoms with Crippen molar-refractivity contribution in [3.8, 4) is 0 Å². The largest absolute Gasteiger partial charge is 0.339 e. The van der Waals surface area contributed by atoms with Gasteiger partial charge in [-0.05, 0) is 45.6 Å². The fourth-order valence-electron chi connectivity index (χ4n) is 2.78. The Balaban J connectivity index is 1.90. The summed E-state index contributed by atoms with van der Waals surface area (Å²) in [7, 11) is 0. The second kappa shape index (κ2) is 5.85. The van der Waals surface area contributed by atoms with Crippen molar-refractivity contribution in [1.29, 1.82) is 0 Å². The molecule has 0 aromatic rings. The average Bonchev–Trinajstić information content (AvgIpc) is 3.14. The number of carbonyl (C=O) groups is 1. The zero-order valence-electron chi connectivity index (χ0n) is 11.2. The fraction of sp³-hybridized carbons (Fsp3) is 0.929. The van der Waals surface area contributed by atoms with Crippen molar-refractivity contribution in [2.75, 3.05) is 13.1 Å². The van der Waals surface area contributed by atoms with E-state index in [0.29, 0.717) is 18.0 Å². The van der Waals surface area contributed by atoms with Crippen LogP contribution >= 0.6 is 0 Å². The van der Waals surface area contributed by atoms with Gasteiger partial charge in [0.05, 0.1) is 0 Å². The van der Waals surface area contributed by atoms with Gasteiger partial charge >= 0.3 is 0 Å². The Kier molecular flexibility index (Phi) is 4.43. The summed E-state index contributed by atoms with van der Waals surface area (Å²) >= 11 is 0. The van der Waals surface area contributed by atoms with Gasteiger partial charge in [0.25, 0.3) is 0 Å². The van der Waals surface area contributed by atoms with Crippen LogP contribution < -0.4 is 5.32 Å². The molecule has 1 aliphatic carbocycles. The molecule has 0 aromatic heterocycles. The number of piperidine rings is 1. The van der Waals surface area contributed by atoms with Crippen LogP contribution in [0.4, 0.5) is 0 Å². The van der Waals surface area contributed by atoms with Crippen molar-refractivity contribution >= 4 is 5.91 Å². The first-order valence-corrected chi connectivity index (χ1v) is 7.26. The zero-order chi connectivity index (χ0) is 12.3. The maximum Gasteiger partial charge on any atom is 0.226 e. The summed E-state index contributed by atoms with van der Waals surface area (Å²) in [6.07, 6.45) is 6.85. The van der Waals surface area contributed by atoms with Crippen LogP contribution in [0.25, 0.3) is 0 Å². The van der Waals surface area contributed by atoms with E-state index in [4.69, 9.17) is 0 Å². The smallest absolute Gasteiger partial charge is 0.226 e. The van der Waals surface area contributed by atoms with Crippen LogP contribution in [0.2, 0.25) is 0 Å². The van der Waals surface area contributed by atoms with Gasteiger partial charge in [-0.2, -0.15) is 0 Å². The molecule has 3 nitrogen and oxygen atoms in total. The first kappa shape index (κ1) is 12.9. The Bertz CT molecular complexity index is 263. The minimum atomic E-state index is 0.281. The molecule has 2 atom stereocenters. The monoisotopic (exact) mass is 238 g/mol. The second-order valence-corrected chi connectivity index (χ2v) is 5.69. The molecule has 1 amide bonds. The van der Waals surface area contributed by atoms with Crippen LogP contribution in [0.1, 0.15) is 52.4 Å². The van der Waals surface area contributed by atoms with Crippen LogP contribution in [0.3, 0.4) is 0 Å². The van der Waals surface area contributed by atoms with Gasteiger partial charge in [0.1, 0.15) is 0 Å². The van der Waals surface area contributed by atoms with Gasteiger partial charge in [-0.15, -0.1) is 0 Å². The third kappa shape index (κ3) is 3.44. The van der Waals surface area contributed by atoms with Gasteiger partial charge in [0.15, 0.2) is 0 Å². The summed E-state index contributed by atoms with van der Waals surface area (Å²) in [5.41, 5.74) is 0. The third-order valence-electron chi connectivity index (χ3n) is 4.00. The minimum absolute atomic E-state index is 0.281. The van der Waals surface area contributed by atoms with Gasteiger partial charge in [-0.1, -0.05) is 13.3 Å². The van der Waals surface area contributed by atoms with Crippen molar-refractivity contribution in [1.82, 2.24) is 10.2 Å². The van der Waals surface area contributed by atoms with Gasteiger partial charge in [-0.3, -0.25) is 4.79 Å². The Morgan fingerprint density at radius 1 is 1.35 bits per heavy atom. The summed E-state index contributed by atoms with van der Waals surface area (Å²) in [5, 5.41) is 3.42. The Morgan fingerprint density at radius 2 is 2.12 bits per heavy atom. The quantitative estimate of drug-likeness (QED) is 0.796. The molecular formula is C14H26N2O. The Morgan fingerprint density at radius 3 is 2.71 bits per heavy atom. The van der Waals surface area contributed by atoms with E-state index in [1.54, 1.807) is 0 Å². The van der Waals surface area contributed by atoms with Gasteiger partial charge in [0.2, 0.25) is 5.91 Å². The number of hydrogen-bond donors (Lipinski definition) is 1. The summed E-state index contributed by atoms with van der Waals surface area (Å²) in [5.74, 6) is 0.720. The first-order chi connectivity index (χ1) is 8.22. The van der Waals surface area contributed by atoms with Crippen LogP contribution in [0.15, 0.2) is 0 Å². The number of rotatable bonds is 5. The number of hydrogen-bond acceptors (Lipinski definition) is 2. The normalized spacial score (nSPS) is 29.1. The van der Waals surface area contributed by atoms with Crippen LogP contribution in [0, 0.1) is 5.92 Å². The van der Waals surface area contributed by atoms with Crippen LogP contribution in [0.5, 0.6) is 0 Å².